The summed E-state index contributed by atoms with van der Waals surface area (Å²) >= 11 is 15.3. The van der Waals surface area contributed by atoms with Crippen molar-refractivity contribution < 1.29 is 17.2 Å². The summed E-state index contributed by atoms with van der Waals surface area (Å²) in [6.45, 7) is 0. The highest BCUT2D eigenvalue weighted by atomic mass is 35.5. The van der Waals surface area contributed by atoms with Crippen molar-refractivity contribution in [3.8, 4) is 5.75 Å². The molecule has 4 nitrogen and oxygen atoms in total. The molecule has 0 aliphatic carbocycles. The van der Waals surface area contributed by atoms with E-state index in [0.717, 1.165) is 0 Å². The molecule has 0 aliphatic rings. The minimum absolute atomic E-state index is 0.207. The number of halogens is 3. The highest BCUT2D eigenvalue weighted by Crippen LogP contribution is 2.51. The van der Waals surface area contributed by atoms with Crippen LogP contribution >= 0.6 is 43.2 Å². The maximum absolute atomic E-state index is 11.2. The van der Waals surface area contributed by atoms with Crippen LogP contribution in [0.5, 0.6) is 5.75 Å². The quantitative estimate of drug-likeness (QED) is 0.775. The minimum atomic E-state index is -3.93. The number of hydrogen-bond acceptors (Lipinski definition) is 4. The highest BCUT2D eigenvalue weighted by molar-refractivity contribution is 7.50. The van der Waals surface area contributed by atoms with Crippen LogP contribution in [-0.2, 0) is 12.7 Å². The van der Waals surface area contributed by atoms with Crippen LogP contribution in [-0.4, -0.2) is 0 Å². The molecule has 78 valence electrons. The van der Waals surface area contributed by atoms with Gasteiger partial charge < -0.3 is 4.52 Å². The Labute approximate surface area is 95.6 Å². The SMILES string of the molecule is O=P(OCl)(OCl)Oc1ccc(Cl)cc1. The van der Waals surface area contributed by atoms with E-state index in [1.807, 2.05) is 0 Å². The maximum atomic E-state index is 11.2. The molecule has 1 rings (SSSR count). The van der Waals surface area contributed by atoms with Crippen LogP contribution in [0.2, 0.25) is 5.02 Å². The van der Waals surface area contributed by atoms with Gasteiger partial charge in [0.15, 0.2) is 0 Å². The van der Waals surface area contributed by atoms with E-state index in [4.69, 9.17) is 39.9 Å². The second kappa shape index (κ2) is 5.21. The van der Waals surface area contributed by atoms with Gasteiger partial charge in [-0.15, -0.1) is 0 Å². The van der Waals surface area contributed by atoms with E-state index >= 15 is 0 Å². The molecule has 0 unspecified atom stereocenters. The van der Waals surface area contributed by atoms with Gasteiger partial charge in [-0.25, -0.2) is 4.57 Å². The fourth-order valence-corrected chi connectivity index (χ4v) is 1.67. The number of rotatable bonds is 4. The standard InChI is InChI=1S/C6H4Cl3O4P/c7-5-1-3-6(4-2-5)11-14(10,12-8)13-9/h1-4H. The van der Waals surface area contributed by atoms with Crippen molar-refractivity contribution in [2.75, 3.05) is 0 Å². The molecule has 0 saturated heterocycles. The van der Waals surface area contributed by atoms with Gasteiger partial charge in [0.2, 0.25) is 0 Å². The molecular formula is C6H4Cl3O4P. The van der Waals surface area contributed by atoms with Crippen LogP contribution < -0.4 is 4.52 Å². The van der Waals surface area contributed by atoms with E-state index in [2.05, 4.69) is 8.15 Å². The molecule has 0 aliphatic heterocycles. The van der Waals surface area contributed by atoms with Gasteiger partial charge in [-0.1, -0.05) is 11.6 Å². The number of phosphoric acid groups is 1. The molecule has 0 radical (unpaired) electrons. The Kier molecular flexibility index (Phi) is 4.51. The van der Waals surface area contributed by atoms with Gasteiger partial charge in [-0.3, -0.25) is 0 Å². The van der Waals surface area contributed by atoms with Crippen LogP contribution in [0, 0.1) is 0 Å². The summed E-state index contributed by atoms with van der Waals surface area (Å²) in [7, 11) is -3.93. The van der Waals surface area contributed by atoms with E-state index in [-0.39, 0.29) is 5.75 Å². The first-order chi connectivity index (χ1) is 6.59. The largest absolute Gasteiger partial charge is 0.563 e. The predicted octanol–water partition coefficient (Wildman–Crippen LogP) is 4.17. The van der Waals surface area contributed by atoms with Gasteiger partial charge in [0.25, 0.3) is 0 Å². The molecule has 0 saturated carbocycles. The first-order valence-corrected chi connectivity index (χ1v) is 5.71. The molecule has 0 heterocycles. The molecule has 0 spiro atoms. The lowest BCUT2D eigenvalue weighted by Gasteiger charge is -2.10. The molecular weight excluding hydrogens is 273 g/mol. The fourth-order valence-electron chi connectivity index (χ4n) is 0.663. The van der Waals surface area contributed by atoms with E-state index < -0.39 is 7.82 Å². The minimum Gasteiger partial charge on any atom is -0.402 e. The van der Waals surface area contributed by atoms with Crippen molar-refractivity contribution in [3.63, 3.8) is 0 Å². The summed E-state index contributed by atoms with van der Waals surface area (Å²) in [5.74, 6) is 0.207. The lowest BCUT2D eigenvalue weighted by Crippen LogP contribution is -1.92. The van der Waals surface area contributed by atoms with Crippen molar-refractivity contribution >= 4 is 43.2 Å². The lowest BCUT2D eigenvalue weighted by molar-refractivity contribution is 0.318. The third-order valence-electron chi connectivity index (χ3n) is 1.20. The monoisotopic (exact) mass is 276 g/mol. The molecule has 1 aromatic carbocycles. The topological polar surface area (TPSA) is 44.8 Å². The van der Waals surface area contributed by atoms with E-state index in [1.165, 1.54) is 24.3 Å². The van der Waals surface area contributed by atoms with Crippen LogP contribution in [0.1, 0.15) is 0 Å². The Hall–Kier alpha value is 0.0400. The molecule has 1 aromatic rings. The van der Waals surface area contributed by atoms with E-state index in [1.54, 1.807) is 0 Å². The maximum Gasteiger partial charge on any atom is 0.563 e. The Bertz CT molecular complexity index is 333. The first-order valence-electron chi connectivity index (χ1n) is 3.25. The molecule has 14 heavy (non-hydrogen) atoms. The summed E-state index contributed by atoms with van der Waals surface area (Å²) in [5, 5.41) is 0.505. The van der Waals surface area contributed by atoms with Crippen molar-refractivity contribution in [2.24, 2.45) is 0 Å². The van der Waals surface area contributed by atoms with E-state index in [0.29, 0.717) is 5.02 Å². The normalized spacial score (nSPS) is 11.4. The Balaban J connectivity index is 2.78. The Morgan fingerprint density at radius 1 is 1.07 bits per heavy atom. The summed E-state index contributed by atoms with van der Waals surface area (Å²) < 4.78 is 23.9. The van der Waals surface area contributed by atoms with E-state index in [9.17, 15) is 4.57 Å². The fraction of sp³-hybridized carbons (Fsp3) is 0. The average molecular weight is 277 g/mol. The molecule has 0 amide bonds. The molecule has 8 heteroatoms. The number of benzene rings is 1. The first kappa shape index (κ1) is 12.1. The van der Waals surface area contributed by atoms with Crippen molar-refractivity contribution in [3.05, 3.63) is 29.3 Å². The second-order valence-corrected chi connectivity index (χ2v) is 4.75. The molecule has 0 atom stereocenters. The zero-order valence-electron chi connectivity index (χ0n) is 6.52. The summed E-state index contributed by atoms with van der Waals surface area (Å²) in [6.07, 6.45) is 0. The van der Waals surface area contributed by atoms with Crippen LogP contribution in [0.15, 0.2) is 24.3 Å². The summed E-state index contributed by atoms with van der Waals surface area (Å²) in [6, 6.07) is 5.98. The van der Waals surface area contributed by atoms with Gasteiger partial charge in [0.05, 0.1) is 23.7 Å². The zero-order valence-corrected chi connectivity index (χ0v) is 9.69. The van der Waals surface area contributed by atoms with Gasteiger partial charge in [-0.05, 0) is 24.3 Å². The third-order valence-corrected chi connectivity index (χ3v) is 3.24. The predicted molar refractivity (Wildman–Crippen MR) is 53.6 cm³/mol. The van der Waals surface area contributed by atoms with Gasteiger partial charge >= 0.3 is 7.82 Å². The zero-order chi connectivity index (χ0) is 10.6. The molecule has 0 N–H and O–H groups in total. The Morgan fingerprint density at radius 3 is 2.00 bits per heavy atom. The highest BCUT2D eigenvalue weighted by Gasteiger charge is 2.28. The van der Waals surface area contributed by atoms with Crippen molar-refractivity contribution in [2.45, 2.75) is 0 Å². The number of hydrogen-bond donors (Lipinski definition) is 0. The van der Waals surface area contributed by atoms with Gasteiger partial charge in [-0.2, -0.15) is 8.15 Å². The molecule has 0 fully saturated rings. The molecule has 0 aromatic heterocycles. The van der Waals surface area contributed by atoms with Crippen LogP contribution in [0.25, 0.3) is 0 Å². The van der Waals surface area contributed by atoms with Gasteiger partial charge in [0, 0.05) is 5.02 Å². The summed E-state index contributed by atoms with van der Waals surface area (Å²) in [4.78, 5) is 0. The van der Waals surface area contributed by atoms with Crippen molar-refractivity contribution in [1.29, 1.82) is 0 Å². The third kappa shape index (κ3) is 3.31. The van der Waals surface area contributed by atoms with Gasteiger partial charge in [0.1, 0.15) is 5.75 Å². The second-order valence-electron chi connectivity index (χ2n) is 2.13. The average Bonchev–Trinajstić information content (AvgIpc) is 2.21. The smallest absolute Gasteiger partial charge is 0.402 e. The van der Waals surface area contributed by atoms with Crippen LogP contribution in [0.4, 0.5) is 0 Å². The summed E-state index contributed by atoms with van der Waals surface area (Å²) in [5.41, 5.74) is 0. The molecule has 0 bridgehead atoms. The van der Waals surface area contributed by atoms with Crippen LogP contribution in [0.3, 0.4) is 0 Å². The van der Waals surface area contributed by atoms with Crippen molar-refractivity contribution in [1.82, 2.24) is 0 Å². The Morgan fingerprint density at radius 2 is 1.57 bits per heavy atom. The lowest BCUT2D eigenvalue weighted by atomic mass is 10.3.